The van der Waals surface area contributed by atoms with Gasteiger partial charge < -0.3 is 9.80 Å². The minimum Gasteiger partial charge on any atom is -0.322 e. The van der Waals surface area contributed by atoms with Gasteiger partial charge in [0.2, 0.25) is 5.82 Å². The zero-order chi connectivity index (χ0) is 21.6. The summed E-state index contributed by atoms with van der Waals surface area (Å²) in [5.41, 5.74) is 9.47. The molecule has 2 amide bonds. The van der Waals surface area contributed by atoms with Crippen molar-refractivity contribution in [1.82, 2.24) is 0 Å². The minimum atomic E-state index is -0.680. The molecule has 154 valence electrons. The van der Waals surface area contributed by atoms with Gasteiger partial charge in [-0.3, -0.25) is 0 Å². The van der Waals surface area contributed by atoms with Crippen LogP contribution in [-0.4, -0.2) is 19.1 Å². The van der Waals surface area contributed by atoms with Gasteiger partial charge in [-0.05, 0) is 63.8 Å². The van der Waals surface area contributed by atoms with E-state index in [0.717, 1.165) is 30.3 Å². The lowest BCUT2D eigenvalue weighted by Gasteiger charge is -2.29. The summed E-state index contributed by atoms with van der Waals surface area (Å²) in [7, 11) is 0. The number of anilines is 2. The van der Waals surface area contributed by atoms with E-state index in [1.54, 1.807) is 0 Å². The summed E-state index contributed by atoms with van der Waals surface area (Å²) < 4.78 is 0. The Morgan fingerprint density at radius 3 is 1.37 bits per heavy atom. The highest BCUT2D eigenvalue weighted by atomic mass is 16.2. The first-order valence-corrected chi connectivity index (χ1v) is 10.1. The molecule has 30 heavy (non-hydrogen) atoms. The number of azo groups is 2. The van der Waals surface area contributed by atoms with Gasteiger partial charge in [0, 0.05) is 24.5 Å². The minimum absolute atomic E-state index is 0.353. The van der Waals surface area contributed by atoms with E-state index in [9.17, 15) is 4.79 Å². The second kappa shape index (κ2) is 7.48. The Hall–Kier alpha value is -3.35. The Morgan fingerprint density at radius 1 is 0.633 bits per heavy atom. The molecule has 2 aliphatic rings. The number of amides is 2. The van der Waals surface area contributed by atoms with Crippen molar-refractivity contribution in [2.45, 2.75) is 41.5 Å². The number of benzene rings is 2. The lowest BCUT2D eigenvalue weighted by molar-refractivity contribution is 0.253. The standard InChI is InChI=1S/C23H26N6O/c1-13-9-15(3)19(16(4)10-13)28-7-8-29(20-17(5)11-14(2)12-18(20)6)22(28)21-24-26-23(30)27-25-21/h9-12H,7-8H2,1-6H3. The lowest BCUT2D eigenvalue weighted by atomic mass is 10.0. The summed E-state index contributed by atoms with van der Waals surface area (Å²) >= 11 is 0. The molecule has 2 heterocycles. The molecule has 2 aliphatic heterocycles. The van der Waals surface area contributed by atoms with Gasteiger partial charge in [0.05, 0.1) is 0 Å². The summed E-state index contributed by atoms with van der Waals surface area (Å²) in [4.78, 5) is 15.9. The molecule has 2 aromatic rings. The Balaban J connectivity index is 1.93. The molecule has 4 rings (SSSR count). The van der Waals surface area contributed by atoms with Gasteiger partial charge in [-0.2, -0.15) is 0 Å². The van der Waals surface area contributed by atoms with Crippen molar-refractivity contribution in [1.29, 1.82) is 0 Å². The predicted octanol–water partition coefficient (Wildman–Crippen LogP) is 6.03. The zero-order valence-electron chi connectivity index (χ0n) is 18.3. The third kappa shape index (κ3) is 3.40. The number of nitrogens with zero attached hydrogens (tertiary/aromatic N) is 6. The molecule has 0 N–H and O–H groups in total. The average molecular weight is 403 g/mol. The molecular weight excluding hydrogens is 376 g/mol. The smallest absolute Gasteiger partial charge is 0.322 e. The van der Waals surface area contributed by atoms with Crippen LogP contribution in [0.1, 0.15) is 33.4 Å². The van der Waals surface area contributed by atoms with Crippen LogP contribution in [-0.2, 0) is 0 Å². The maximum absolute atomic E-state index is 11.4. The summed E-state index contributed by atoms with van der Waals surface area (Å²) in [6.07, 6.45) is 0. The van der Waals surface area contributed by atoms with Crippen LogP contribution in [0.5, 0.6) is 0 Å². The monoisotopic (exact) mass is 402 g/mol. The molecule has 2 aromatic carbocycles. The van der Waals surface area contributed by atoms with Crippen LogP contribution in [0.25, 0.3) is 0 Å². The highest BCUT2D eigenvalue weighted by Crippen LogP contribution is 2.40. The highest BCUT2D eigenvalue weighted by molar-refractivity contribution is 5.76. The average Bonchev–Trinajstić information content (AvgIpc) is 3.05. The number of hydrogen-bond acceptors (Lipinski definition) is 5. The fourth-order valence-electron chi connectivity index (χ4n) is 4.74. The van der Waals surface area contributed by atoms with Gasteiger partial charge in [0.1, 0.15) is 0 Å². The molecule has 7 heteroatoms. The molecule has 0 aliphatic carbocycles. The van der Waals surface area contributed by atoms with Crippen molar-refractivity contribution in [2.75, 3.05) is 22.9 Å². The number of carbonyl (C=O) groups is 1. The molecule has 0 radical (unpaired) electrons. The van der Waals surface area contributed by atoms with Crippen LogP contribution in [0, 0.1) is 41.5 Å². The largest absolute Gasteiger partial charge is 0.404 e. The van der Waals surface area contributed by atoms with Gasteiger partial charge in [-0.25, -0.2) is 4.79 Å². The summed E-state index contributed by atoms with van der Waals surface area (Å²) in [5.74, 6) is 1.16. The molecule has 7 nitrogen and oxygen atoms in total. The summed E-state index contributed by atoms with van der Waals surface area (Å²) in [6.45, 7) is 14.2. The molecule has 0 bridgehead atoms. The van der Waals surface area contributed by atoms with Crippen molar-refractivity contribution >= 4 is 17.4 Å². The van der Waals surface area contributed by atoms with E-state index < -0.39 is 6.03 Å². The summed E-state index contributed by atoms with van der Waals surface area (Å²) in [6, 6.07) is 8.05. The lowest BCUT2D eigenvalue weighted by Crippen LogP contribution is -2.26. The molecule has 1 fully saturated rings. The van der Waals surface area contributed by atoms with Gasteiger partial charge in [-0.15, -0.1) is 10.2 Å². The van der Waals surface area contributed by atoms with Gasteiger partial charge in [-0.1, -0.05) is 45.6 Å². The Morgan fingerprint density at radius 2 is 1.00 bits per heavy atom. The van der Waals surface area contributed by atoms with E-state index in [2.05, 4.69) is 96.1 Å². The number of urea groups is 1. The van der Waals surface area contributed by atoms with Crippen LogP contribution in [0.2, 0.25) is 0 Å². The normalized spacial score (nSPS) is 16.3. The molecule has 0 aromatic heterocycles. The molecule has 1 saturated heterocycles. The van der Waals surface area contributed by atoms with Gasteiger partial charge >= 0.3 is 6.03 Å². The maximum Gasteiger partial charge on any atom is 0.404 e. The first-order valence-electron chi connectivity index (χ1n) is 10.1. The first kappa shape index (κ1) is 19.9. The third-order valence-corrected chi connectivity index (χ3v) is 5.53. The number of hydrogen-bond donors (Lipinski definition) is 0. The Bertz CT molecular complexity index is 1010. The second-order valence-electron chi connectivity index (χ2n) is 8.13. The van der Waals surface area contributed by atoms with Crippen LogP contribution in [0.4, 0.5) is 16.2 Å². The first-order chi connectivity index (χ1) is 14.3. The van der Waals surface area contributed by atoms with E-state index in [4.69, 9.17) is 0 Å². The number of rotatable bonds is 2. The zero-order valence-corrected chi connectivity index (χ0v) is 18.3. The van der Waals surface area contributed by atoms with Crippen molar-refractivity contribution in [3.05, 3.63) is 69.3 Å². The van der Waals surface area contributed by atoms with Crippen LogP contribution in [0.3, 0.4) is 0 Å². The van der Waals surface area contributed by atoms with Crippen molar-refractivity contribution < 1.29 is 4.79 Å². The predicted molar refractivity (Wildman–Crippen MR) is 118 cm³/mol. The fourth-order valence-corrected chi connectivity index (χ4v) is 4.74. The van der Waals surface area contributed by atoms with Crippen LogP contribution in [0.15, 0.2) is 56.4 Å². The quantitative estimate of drug-likeness (QED) is 0.616. The molecule has 0 saturated carbocycles. The molecular formula is C23H26N6O. The van der Waals surface area contributed by atoms with Crippen LogP contribution < -0.4 is 9.80 Å². The van der Waals surface area contributed by atoms with Gasteiger partial charge in [0.25, 0.3) is 0 Å². The Labute approximate surface area is 176 Å². The Kier molecular flexibility index (Phi) is 4.97. The molecule has 0 unspecified atom stereocenters. The van der Waals surface area contributed by atoms with E-state index >= 15 is 0 Å². The molecule has 0 atom stereocenters. The highest BCUT2D eigenvalue weighted by Gasteiger charge is 2.34. The van der Waals surface area contributed by atoms with Gasteiger partial charge in [0.15, 0.2) is 5.82 Å². The number of aryl methyl sites for hydroxylation is 6. The SMILES string of the molecule is Cc1cc(C)c(N2CCN(c3c(C)cc(C)cc3C)C2=C2N=NC(=O)N=N2)c(C)c1. The van der Waals surface area contributed by atoms with Crippen molar-refractivity contribution in [3.63, 3.8) is 0 Å². The van der Waals surface area contributed by atoms with E-state index in [1.165, 1.54) is 33.4 Å². The maximum atomic E-state index is 11.4. The fraction of sp³-hybridized carbons (Fsp3) is 0.348. The van der Waals surface area contributed by atoms with E-state index in [-0.39, 0.29) is 0 Å². The second-order valence-corrected chi connectivity index (χ2v) is 8.13. The van der Waals surface area contributed by atoms with Crippen molar-refractivity contribution in [2.24, 2.45) is 20.5 Å². The topological polar surface area (TPSA) is 73.0 Å². The van der Waals surface area contributed by atoms with E-state index in [1.807, 2.05) is 0 Å². The molecule has 0 spiro atoms. The van der Waals surface area contributed by atoms with Crippen molar-refractivity contribution in [3.8, 4) is 0 Å². The van der Waals surface area contributed by atoms with Crippen LogP contribution >= 0.6 is 0 Å². The van der Waals surface area contributed by atoms with E-state index in [0.29, 0.717) is 5.82 Å². The number of carbonyl (C=O) groups excluding carboxylic acids is 1. The third-order valence-electron chi connectivity index (χ3n) is 5.53. The summed E-state index contributed by atoms with van der Waals surface area (Å²) in [5, 5.41) is 15.5.